The molecule has 0 aliphatic heterocycles. The largest absolute Gasteiger partial charge is 0.453 e. The van der Waals surface area contributed by atoms with E-state index in [0.29, 0.717) is 5.56 Å². The quantitative estimate of drug-likeness (QED) is 0.251. The fraction of sp³-hybridized carbons (Fsp3) is 0.156. The van der Waals surface area contributed by atoms with Gasteiger partial charge in [-0.3, -0.25) is 0 Å². The van der Waals surface area contributed by atoms with E-state index in [9.17, 15) is 4.79 Å². The normalized spacial score (nSPS) is 20.1. The number of hydrogen-bond donors (Lipinski definition) is 0. The molecule has 3 heteroatoms. The van der Waals surface area contributed by atoms with Gasteiger partial charge in [0.25, 0.3) is 0 Å². The minimum absolute atomic E-state index is 0.284. The maximum Gasteiger partial charge on any atom is 0.338 e. The first-order chi connectivity index (χ1) is 17.1. The topological polar surface area (TPSA) is 26.3 Å². The van der Waals surface area contributed by atoms with Gasteiger partial charge in [0.2, 0.25) is 0 Å². The van der Waals surface area contributed by atoms with E-state index in [4.69, 9.17) is 4.74 Å². The van der Waals surface area contributed by atoms with Crippen molar-refractivity contribution in [2.75, 3.05) is 0 Å². The second-order valence-corrected chi connectivity index (χ2v) is 10.4. The summed E-state index contributed by atoms with van der Waals surface area (Å²) in [6, 6.07) is 35.0. The predicted octanol–water partition coefficient (Wildman–Crippen LogP) is 7.77. The molecule has 0 fully saturated rings. The minimum atomic E-state index is -0.365. The zero-order valence-corrected chi connectivity index (χ0v) is 20.9. The lowest BCUT2D eigenvalue weighted by atomic mass is 9.70. The number of carbonyl (C=O) groups is 1. The van der Waals surface area contributed by atoms with E-state index in [1.165, 1.54) is 27.8 Å². The molecule has 0 radical (unpaired) electrons. The van der Waals surface area contributed by atoms with Crippen molar-refractivity contribution in [3.63, 3.8) is 0 Å². The second kappa shape index (κ2) is 8.98. The fourth-order valence-electron chi connectivity index (χ4n) is 5.73. The fourth-order valence-corrected chi connectivity index (χ4v) is 5.99. The molecule has 2 nitrogen and oxygen atoms in total. The zero-order valence-electron chi connectivity index (χ0n) is 19.3. The van der Waals surface area contributed by atoms with E-state index < -0.39 is 0 Å². The van der Waals surface area contributed by atoms with Crippen molar-refractivity contribution in [2.24, 2.45) is 5.41 Å². The molecule has 2 aliphatic carbocycles. The molecule has 35 heavy (non-hydrogen) atoms. The molecule has 0 aromatic heterocycles. The maximum atomic E-state index is 13.4. The molecule has 4 aromatic rings. The Labute approximate surface area is 214 Å². The van der Waals surface area contributed by atoms with Crippen LogP contribution < -0.4 is 0 Å². The highest BCUT2D eigenvalue weighted by atomic mass is 79.9. The molecule has 0 spiro atoms. The van der Waals surface area contributed by atoms with Crippen LogP contribution in [0.25, 0.3) is 6.08 Å². The maximum absolute atomic E-state index is 13.4. The third kappa shape index (κ3) is 4.04. The molecule has 4 aromatic carbocycles. The number of hydrogen-bond acceptors (Lipinski definition) is 2. The molecular weight excluding hydrogens is 496 g/mol. The molecule has 0 heterocycles. The van der Waals surface area contributed by atoms with E-state index in [1.54, 1.807) is 0 Å². The van der Waals surface area contributed by atoms with Crippen molar-refractivity contribution in [3.05, 3.63) is 147 Å². The lowest BCUT2D eigenvalue weighted by Gasteiger charge is -2.37. The molecule has 2 atom stereocenters. The van der Waals surface area contributed by atoms with Gasteiger partial charge in [-0.25, -0.2) is 4.79 Å². The summed E-state index contributed by atoms with van der Waals surface area (Å²) >= 11 is 3.46. The van der Waals surface area contributed by atoms with E-state index in [0.717, 1.165) is 29.3 Å². The number of carbonyl (C=O) groups excluding carboxylic acids is 1. The molecule has 6 rings (SSSR count). The van der Waals surface area contributed by atoms with Crippen LogP contribution in [0.4, 0.5) is 0 Å². The Hall–Kier alpha value is -3.43. The molecule has 0 N–H and O–H groups in total. The van der Waals surface area contributed by atoms with Crippen LogP contribution in [0.5, 0.6) is 0 Å². The molecule has 172 valence electrons. The summed E-state index contributed by atoms with van der Waals surface area (Å²) in [6.07, 6.45) is 4.50. The van der Waals surface area contributed by atoms with Crippen molar-refractivity contribution in [1.29, 1.82) is 0 Å². The molecular formula is C32H25BrO2. The molecule has 2 aliphatic rings. The van der Waals surface area contributed by atoms with Crippen molar-refractivity contribution < 1.29 is 9.53 Å². The average Bonchev–Trinajstić information content (AvgIpc) is 3.45. The monoisotopic (exact) mass is 520 g/mol. The highest BCUT2D eigenvalue weighted by molar-refractivity contribution is 9.10. The zero-order chi connectivity index (χ0) is 23.8. The Balaban J connectivity index is 1.47. The standard InChI is InChI=1S/C32H25BrO2/c33-28-16-14-23(15-17-28)31(34)35-30-29-13-7-6-12-26(29)21-32(30,20-22-8-2-1-3-9-22)27-18-24-10-4-5-11-25(24)19-27/h1-18,30H,19-21H2. The predicted molar refractivity (Wildman–Crippen MR) is 143 cm³/mol. The van der Waals surface area contributed by atoms with Gasteiger partial charge in [0.1, 0.15) is 6.10 Å². The number of halogens is 1. The van der Waals surface area contributed by atoms with Crippen molar-refractivity contribution in [2.45, 2.75) is 25.4 Å². The first-order valence-corrected chi connectivity index (χ1v) is 12.8. The minimum Gasteiger partial charge on any atom is -0.453 e. The SMILES string of the molecule is O=C(OC1c2ccccc2CC1(Cc1ccccc1)C1=Cc2ccccc2C1)c1ccc(Br)cc1. The third-order valence-corrected chi connectivity index (χ3v) is 7.95. The van der Waals surface area contributed by atoms with Crippen LogP contribution in [0, 0.1) is 5.41 Å². The van der Waals surface area contributed by atoms with Crippen LogP contribution in [0.3, 0.4) is 0 Å². The second-order valence-electron chi connectivity index (χ2n) is 9.53. The van der Waals surface area contributed by atoms with Gasteiger partial charge in [0.15, 0.2) is 0 Å². The highest BCUT2D eigenvalue weighted by Gasteiger charge is 2.51. The van der Waals surface area contributed by atoms with Crippen LogP contribution in [-0.2, 0) is 24.0 Å². The number of benzene rings is 4. The Morgan fingerprint density at radius 3 is 2.29 bits per heavy atom. The first kappa shape index (κ1) is 22.1. The number of rotatable bonds is 5. The summed E-state index contributed by atoms with van der Waals surface area (Å²) in [5.74, 6) is -0.284. The van der Waals surface area contributed by atoms with Gasteiger partial charge < -0.3 is 4.74 Å². The van der Waals surface area contributed by atoms with Gasteiger partial charge in [-0.2, -0.15) is 0 Å². The van der Waals surface area contributed by atoms with E-state index in [1.807, 2.05) is 24.3 Å². The van der Waals surface area contributed by atoms with E-state index in [-0.39, 0.29) is 17.5 Å². The lowest BCUT2D eigenvalue weighted by molar-refractivity contribution is -0.00195. The summed E-state index contributed by atoms with van der Waals surface area (Å²) in [5.41, 5.74) is 7.78. The first-order valence-electron chi connectivity index (χ1n) is 12.0. The summed E-state index contributed by atoms with van der Waals surface area (Å²) in [4.78, 5) is 13.4. The molecule has 0 bridgehead atoms. The Bertz CT molecular complexity index is 1420. The van der Waals surface area contributed by atoms with Gasteiger partial charge in [-0.15, -0.1) is 0 Å². The van der Waals surface area contributed by atoms with Crippen molar-refractivity contribution >= 4 is 28.0 Å². The van der Waals surface area contributed by atoms with Crippen LogP contribution in [-0.4, -0.2) is 5.97 Å². The third-order valence-electron chi connectivity index (χ3n) is 7.42. The van der Waals surface area contributed by atoms with Crippen LogP contribution in [0.15, 0.2) is 113 Å². The van der Waals surface area contributed by atoms with Crippen molar-refractivity contribution in [3.8, 4) is 0 Å². The summed E-state index contributed by atoms with van der Waals surface area (Å²) in [6.45, 7) is 0. The van der Waals surface area contributed by atoms with Crippen LogP contribution in [0.2, 0.25) is 0 Å². The Morgan fingerprint density at radius 1 is 0.829 bits per heavy atom. The van der Waals surface area contributed by atoms with Crippen molar-refractivity contribution in [1.82, 2.24) is 0 Å². The van der Waals surface area contributed by atoms with E-state index >= 15 is 0 Å². The lowest BCUT2D eigenvalue weighted by Crippen LogP contribution is -2.34. The number of esters is 1. The smallest absolute Gasteiger partial charge is 0.338 e. The van der Waals surface area contributed by atoms with Crippen LogP contribution >= 0.6 is 15.9 Å². The molecule has 0 saturated heterocycles. The van der Waals surface area contributed by atoms with Gasteiger partial charge in [-0.05, 0) is 71.3 Å². The Morgan fingerprint density at radius 2 is 1.51 bits per heavy atom. The summed E-state index contributed by atoms with van der Waals surface area (Å²) < 4.78 is 7.41. The van der Waals surface area contributed by atoms with Gasteiger partial charge in [0, 0.05) is 9.89 Å². The average molecular weight is 521 g/mol. The van der Waals surface area contributed by atoms with Gasteiger partial charge >= 0.3 is 5.97 Å². The molecule has 0 amide bonds. The van der Waals surface area contributed by atoms with Gasteiger partial charge in [-0.1, -0.05) is 106 Å². The van der Waals surface area contributed by atoms with E-state index in [2.05, 4.69) is 101 Å². The van der Waals surface area contributed by atoms with Gasteiger partial charge in [0.05, 0.1) is 5.56 Å². The molecule has 2 unspecified atom stereocenters. The Kier molecular flexibility index (Phi) is 5.66. The van der Waals surface area contributed by atoms with Crippen LogP contribution in [0.1, 0.15) is 44.3 Å². The highest BCUT2D eigenvalue weighted by Crippen LogP contribution is 2.56. The summed E-state index contributed by atoms with van der Waals surface area (Å²) in [7, 11) is 0. The molecule has 0 saturated carbocycles. The summed E-state index contributed by atoms with van der Waals surface area (Å²) in [5, 5.41) is 0. The number of fused-ring (bicyclic) bond motifs is 2. The number of ether oxygens (including phenoxy) is 1.